The third kappa shape index (κ3) is 4.48. The third-order valence-electron chi connectivity index (χ3n) is 5.35. The van der Waals surface area contributed by atoms with Crippen LogP contribution in [0.25, 0.3) is 11.0 Å². The van der Waals surface area contributed by atoms with Gasteiger partial charge in [0.15, 0.2) is 0 Å². The van der Waals surface area contributed by atoms with Crippen LogP contribution in [0.4, 0.5) is 5.69 Å². The molecule has 0 saturated heterocycles. The fraction of sp³-hybridized carbons (Fsp3) is 0.160. The Labute approximate surface area is 180 Å². The van der Waals surface area contributed by atoms with Crippen molar-refractivity contribution in [3.05, 3.63) is 95.8 Å². The highest BCUT2D eigenvalue weighted by Crippen LogP contribution is 2.28. The number of aryl methyl sites for hydroxylation is 1. The molecule has 0 spiro atoms. The topological polar surface area (TPSA) is 84.2 Å². The molecule has 0 aliphatic carbocycles. The quantitative estimate of drug-likeness (QED) is 0.451. The van der Waals surface area contributed by atoms with E-state index < -0.39 is 12.0 Å². The van der Waals surface area contributed by atoms with Gasteiger partial charge in [-0.05, 0) is 47.9 Å². The van der Waals surface area contributed by atoms with Crippen LogP contribution in [0.2, 0.25) is 0 Å². The van der Waals surface area contributed by atoms with E-state index in [4.69, 9.17) is 0 Å². The first-order valence-electron chi connectivity index (χ1n) is 10.2. The van der Waals surface area contributed by atoms with Crippen molar-refractivity contribution in [2.24, 2.45) is 0 Å². The van der Waals surface area contributed by atoms with E-state index in [0.29, 0.717) is 11.3 Å². The molecule has 0 fully saturated rings. The first-order valence-corrected chi connectivity index (χ1v) is 10.2. The van der Waals surface area contributed by atoms with Crippen molar-refractivity contribution < 1.29 is 14.7 Å². The molecule has 1 heterocycles. The number of carbonyl (C=O) groups is 2. The molecule has 0 aliphatic rings. The maximum absolute atomic E-state index is 12.7. The van der Waals surface area contributed by atoms with E-state index in [1.54, 1.807) is 12.4 Å². The van der Waals surface area contributed by atoms with Crippen molar-refractivity contribution >= 4 is 28.6 Å². The average Bonchev–Trinajstić information content (AvgIpc) is 3.21. The molecule has 31 heavy (non-hydrogen) atoms. The lowest BCUT2D eigenvalue weighted by atomic mass is 10.0. The number of amides is 1. The summed E-state index contributed by atoms with van der Waals surface area (Å²) in [5.74, 6) is -1.09. The number of carboxylic acids is 1. The van der Waals surface area contributed by atoms with Gasteiger partial charge in [-0.3, -0.25) is 9.59 Å². The highest BCUT2D eigenvalue weighted by molar-refractivity contribution is 6.05. The summed E-state index contributed by atoms with van der Waals surface area (Å²) in [4.78, 5) is 28.6. The van der Waals surface area contributed by atoms with Gasteiger partial charge in [0.25, 0.3) is 5.91 Å². The lowest BCUT2D eigenvalue weighted by Gasteiger charge is -2.18. The Bertz CT molecular complexity index is 1210. The van der Waals surface area contributed by atoms with Gasteiger partial charge in [-0.25, -0.2) is 4.98 Å². The standard InChI is InChI=1S/C25H23N3O3/c1-2-17-8-10-19(11-9-17)25(31)27-20-12-13-21-23(14-20)28(16-26-21)22(15-24(29)30)18-6-4-3-5-7-18/h3-14,16,22H,2,15H2,1H3,(H,27,31)(H,29,30). The molecule has 6 nitrogen and oxygen atoms in total. The SMILES string of the molecule is CCc1ccc(C(=O)Nc2ccc3ncn(C(CC(=O)O)c4ccccc4)c3c2)cc1. The summed E-state index contributed by atoms with van der Waals surface area (Å²) in [6, 6.07) is 22.1. The average molecular weight is 413 g/mol. The number of carbonyl (C=O) groups excluding carboxylic acids is 1. The molecule has 0 bridgehead atoms. The molecule has 156 valence electrons. The van der Waals surface area contributed by atoms with Crippen molar-refractivity contribution in [3.8, 4) is 0 Å². The minimum absolute atomic E-state index is 0.0736. The molecule has 0 aliphatic heterocycles. The van der Waals surface area contributed by atoms with Gasteiger partial charge in [0, 0.05) is 11.3 Å². The molecular formula is C25H23N3O3. The van der Waals surface area contributed by atoms with Crippen molar-refractivity contribution in [2.75, 3.05) is 5.32 Å². The summed E-state index contributed by atoms with van der Waals surface area (Å²) >= 11 is 0. The Hall–Kier alpha value is -3.93. The number of benzene rings is 3. The van der Waals surface area contributed by atoms with Gasteiger partial charge in [-0.2, -0.15) is 0 Å². The van der Waals surface area contributed by atoms with Crippen molar-refractivity contribution in [2.45, 2.75) is 25.8 Å². The Morgan fingerprint density at radius 2 is 1.77 bits per heavy atom. The number of carboxylic acid groups (broad SMARTS) is 1. The first-order chi connectivity index (χ1) is 15.0. The van der Waals surface area contributed by atoms with Gasteiger partial charge < -0.3 is 15.0 Å². The molecule has 0 radical (unpaired) electrons. The summed E-state index contributed by atoms with van der Waals surface area (Å²) in [5.41, 5.74) is 4.76. The summed E-state index contributed by atoms with van der Waals surface area (Å²) in [7, 11) is 0. The number of anilines is 1. The van der Waals surface area contributed by atoms with Crippen LogP contribution in [0.15, 0.2) is 79.1 Å². The molecule has 1 atom stereocenters. The van der Waals surface area contributed by atoms with Gasteiger partial charge in [0.05, 0.1) is 29.8 Å². The second-order valence-corrected chi connectivity index (χ2v) is 7.38. The largest absolute Gasteiger partial charge is 0.481 e. The van der Waals surface area contributed by atoms with Gasteiger partial charge in [0.1, 0.15) is 0 Å². The van der Waals surface area contributed by atoms with E-state index in [0.717, 1.165) is 23.0 Å². The van der Waals surface area contributed by atoms with Crippen LogP contribution in [-0.4, -0.2) is 26.5 Å². The Kier molecular flexibility index (Phi) is 5.80. The van der Waals surface area contributed by atoms with E-state index in [1.807, 2.05) is 71.3 Å². The predicted octanol–water partition coefficient (Wildman–Crippen LogP) is 4.92. The third-order valence-corrected chi connectivity index (χ3v) is 5.35. The number of nitrogens with zero attached hydrogens (tertiary/aromatic N) is 2. The van der Waals surface area contributed by atoms with Crippen LogP contribution in [0.3, 0.4) is 0 Å². The van der Waals surface area contributed by atoms with Crippen molar-refractivity contribution in [3.63, 3.8) is 0 Å². The highest BCUT2D eigenvalue weighted by atomic mass is 16.4. The number of aliphatic carboxylic acids is 1. The normalized spacial score (nSPS) is 11.9. The fourth-order valence-corrected chi connectivity index (χ4v) is 3.66. The zero-order valence-corrected chi connectivity index (χ0v) is 17.2. The van der Waals surface area contributed by atoms with Crippen LogP contribution in [0, 0.1) is 0 Å². The lowest BCUT2D eigenvalue weighted by molar-refractivity contribution is -0.137. The van der Waals surface area contributed by atoms with Crippen LogP contribution in [-0.2, 0) is 11.2 Å². The zero-order valence-electron chi connectivity index (χ0n) is 17.2. The van der Waals surface area contributed by atoms with Gasteiger partial charge in [0.2, 0.25) is 0 Å². The number of aromatic nitrogens is 2. The van der Waals surface area contributed by atoms with E-state index in [-0.39, 0.29) is 12.3 Å². The fourth-order valence-electron chi connectivity index (χ4n) is 3.66. The van der Waals surface area contributed by atoms with Crippen LogP contribution in [0.5, 0.6) is 0 Å². The van der Waals surface area contributed by atoms with Crippen molar-refractivity contribution in [1.82, 2.24) is 9.55 Å². The Balaban J connectivity index is 1.66. The summed E-state index contributed by atoms with van der Waals surface area (Å²) in [6.45, 7) is 2.07. The smallest absolute Gasteiger partial charge is 0.305 e. The number of hydrogen-bond acceptors (Lipinski definition) is 3. The molecule has 1 aromatic heterocycles. The minimum atomic E-state index is -0.893. The maximum Gasteiger partial charge on any atom is 0.305 e. The van der Waals surface area contributed by atoms with Crippen molar-refractivity contribution in [1.29, 1.82) is 0 Å². The molecule has 4 aromatic rings. The van der Waals surface area contributed by atoms with Gasteiger partial charge in [-0.15, -0.1) is 0 Å². The number of hydrogen-bond donors (Lipinski definition) is 2. The van der Waals surface area contributed by atoms with Crippen LogP contribution in [0.1, 0.15) is 40.9 Å². The van der Waals surface area contributed by atoms with Crippen LogP contribution < -0.4 is 5.32 Å². The molecule has 2 N–H and O–H groups in total. The second kappa shape index (κ2) is 8.83. The lowest BCUT2D eigenvalue weighted by Crippen LogP contribution is -2.15. The maximum atomic E-state index is 12.7. The molecular weight excluding hydrogens is 390 g/mol. The molecule has 3 aromatic carbocycles. The minimum Gasteiger partial charge on any atom is -0.481 e. The van der Waals surface area contributed by atoms with Crippen LogP contribution >= 0.6 is 0 Å². The summed E-state index contributed by atoms with van der Waals surface area (Å²) in [5, 5.41) is 12.4. The molecule has 6 heteroatoms. The number of rotatable bonds is 7. The predicted molar refractivity (Wildman–Crippen MR) is 120 cm³/mol. The number of nitrogens with one attached hydrogen (secondary N) is 1. The Morgan fingerprint density at radius 3 is 2.45 bits per heavy atom. The Morgan fingerprint density at radius 1 is 1.03 bits per heavy atom. The van der Waals surface area contributed by atoms with E-state index in [2.05, 4.69) is 17.2 Å². The van der Waals surface area contributed by atoms with E-state index in [1.165, 1.54) is 5.56 Å². The van der Waals surface area contributed by atoms with E-state index >= 15 is 0 Å². The van der Waals surface area contributed by atoms with E-state index in [9.17, 15) is 14.7 Å². The first kappa shape index (κ1) is 20.3. The summed E-state index contributed by atoms with van der Waals surface area (Å²) in [6.07, 6.45) is 2.50. The highest BCUT2D eigenvalue weighted by Gasteiger charge is 2.20. The monoisotopic (exact) mass is 413 g/mol. The van der Waals surface area contributed by atoms with Gasteiger partial charge in [-0.1, -0.05) is 49.4 Å². The number of fused-ring (bicyclic) bond motifs is 1. The molecule has 1 unspecified atom stereocenters. The second-order valence-electron chi connectivity index (χ2n) is 7.38. The summed E-state index contributed by atoms with van der Waals surface area (Å²) < 4.78 is 1.85. The zero-order chi connectivity index (χ0) is 21.8. The molecule has 1 amide bonds. The molecule has 4 rings (SSSR count). The van der Waals surface area contributed by atoms with Gasteiger partial charge >= 0.3 is 5.97 Å². The molecule has 0 saturated carbocycles. The number of imidazole rings is 1.